The van der Waals surface area contributed by atoms with Gasteiger partial charge >= 0.3 is 0 Å². The van der Waals surface area contributed by atoms with Crippen molar-refractivity contribution in [3.63, 3.8) is 0 Å². The molecule has 1 atom stereocenters. The highest BCUT2D eigenvalue weighted by Crippen LogP contribution is 2.34. The van der Waals surface area contributed by atoms with Crippen LogP contribution in [0, 0.1) is 11.3 Å². The van der Waals surface area contributed by atoms with Crippen molar-refractivity contribution in [3.8, 4) is 6.07 Å². The summed E-state index contributed by atoms with van der Waals surface area (Å²) >= 11 is 0. The highest BCUT2D eigenvalue weighted by molar-refractivity contribution is 5.40. The molecule has 23 heavy (non-hydrogen) atoms. The van der Waals surface area contributed by atoms with Crippen molar-refractivity contribution in [2.75, 3.05) is 13.6 Å². The molecule has 124 valence electrons. The number of allylic oxidation sites excluding steroid dienone is 4. The Hall–Kier alpha value is -1.96. The molecule has 1 aliphatic rings. The Labute approximate surface area is 138 Å². The van der Waals surface area contributed by atoms with Crippen LogP contribution in [0.4, 0.5) is 4.39 Å². The molecule has 0 aliphatic carbocycles. The number of fused-ring (bicyclic) bond motifs is 1. The van der Waals surface area contributed by atoms with Gasteiger partial charge in [0.05, 0.1) is 30.2 Å². The minimum Gasteiger partial charge on any atom is -0.369 e. The van der Waals surface area contributed by atoms with Crippen LogP contribution in [0.5, 0.6) is 0 Å². The van der Waals surface area contributed by atoms with Gasteiger partial charge in [-0.15, -0.1) is 0 Å². The number of halogens is 1. The lowest BCUT2D eigenvalue weighted by Crippen LogP contribution is -2.09. The summed E-state index contributed by atoms with van der Waals surface area (Å²) in [4.78, 5) is 0. The minimum atomic E-state index is -0.155. The molecular weight excluding hydrogens is 291 g/mol. The van der Waals surface area contributed by atoms with Crippen molar-refractivity contribution >= 4 is 0 Å². The maximum atomic E-state index is 11.7. The molecule has 1 heterocycles. The number of ether oxygens (including phenoxy) is 1. The van der Waals surface area contributed by atoms with Gasteiger partial charge in [-0.1, -0.05) is 18.2 Å². The monoisotopic (exact) mass is 316 g/mol. The van der Waals surface area contributed by atoms with Gasteiger partial charge in [-0.3, -0.25) is 0 Å². The lowest BCUT2D eigenvalue weighted by atomic mass is 10.00. The molecule has 0 amide bonds. The van der Waals surface area contributed by atoms with E-state index >= 15 is 0 Å². The van der Waals surface area contributed by atoms with E-state index in [9.17, 15) is 4.39 Å². The molecule has 0 radical (unpaired) electrons. The summed E-state index contributed by atoms with van der Waals surface area (Å²) < 4.78 is 17.4. The Morgan fingerprint density at radius 3 is 2.87 bits per heavy atom. The van der Waals surface area contributed by atoms with Crippen molar-refractivity contribution in [1.82, 2.24) is 5.32 Å². The van der Waals surface area contributed by atoms with Gasteiger partial charge in [0.25, 0.3) is 0 Å². The van der Waals surface area contributed by atoms with Gasteiger partial charge in [0.1, 0.15) is 0 Å². The van der Waals surface area contributed by atoms with Gasteiger partial charge < -0.3 is 10.1 Å². The van der Waals surface area contributed by atoms with E-state index in [2.05, 4.69) is 11.4 Å². The van der Waals surface area contributed by atoms with Gasteiger partial charge in [0.2, 0.25) is 0 Å². The molecule has 4 heteroatoms. The van der Waals surface area contributed by atoms with E-state index in [1.165, 1.54) is 24.1 Å². The normalized spacial score (nSPS) is 16.7. The molecule has 0 aromatic heterocycles. The van der Waals surface area contributed by atoms with E-state index in [4.69, 9.17) is 10.00 Å². The van der Waals surface area contributed by atoms with Gasteiger partial charge in [0.15, 0.2) is 0 Å². The second-order valence-corrected chi connectivity index (χ2v) is 5.35. The summed E-state index contributed by atoms with van der Waals surface area (Å²) in [5.41, 5.74) is 3.15. The maximum Gasteiger partial charge on any atom is 0.0991 e. The highest BCUT2D eigenvalue weighted by Gasteiger charge is 2.22. The van der Waals surface area contributed by atoms with Crippen molar-refractivity contribution in [3.05, 3.63) is 58.9 Å². The molecule has 3 nitrogen and oxygen atoms in total. The topological polar surface area (TPSA) is 45.0 Å². The zero-order chi connectivity index (χ0) is 17.1. The summed E-state index contributed by atoms with van der Waals surface area (Å²) in [6, 6.07) is 8.00. The molecule has 2 rings (SSSR count). The van der Waals surface area contributed by atoms with Crippen LogP contribution in [0.1, 0.15) is 49.5 Å². The number of rotatable bonds is 5. The number of benzene rings is 1. The summed E-state index contributed by atoms with van der Waals surface area (Å²) in [5, 5.41) is 11.9. The first-order valence-electron chi connectivity index (χ1n) is 7.86. The Morgan fingerprint density at radius 2 is 2.30 bits per heavy atom. The van der Waals surface area contributed by atoms with Crippen molar-refractivity contribution in [2.45, 2.75) is 39.4 Å². The van der Waals surface area contributed by atoms with Gasteiger partial charge in [-0.25, -0.2) is 4.39 Å². The third-order valence-corrected chi connectivity index (χ3v) is 3.47. The fraction of sp³-hybridized carbons (Fsp3) is 0.421. The first-order chi connectivity index (χ1) is 11.1. The molecule has 0 fully saturated rings. The Bertz CT molecular complexity index is 584. The van der Waals surface area contributed by atoms with Crippen LogP contribution in [0.15, 0.2) is 42.3 Å². The molecular formula is C19H25FN2O. The van der Waals surface area contributed by atoms with E-state index in [1.807, 2.05) is 32.2 Å². The van der Waals surface area contributed by atoms with E-state index in [0.29, 0.717) is 6.61 Å². The molecule has 0 saturated heterocycles. The van der Waals surface area contributed by atoms with Gasteiger partial charge in [-0.05, 0) is 69.6 Å². The quantitative estimate of drug-likeness (QED) is 0.639. The Kier molecular flexibility index (Phi) is 8.89. The second-order valence-electron chi connectivity index (χ2n) is 5.35. The number of nitrogens with one attached hydrogen (secondary N) is 1. The van der Waals surface area contributed by atoms with E-state index < -0.39 is 0 Å². The average molecular weight is 316 g/mol. The number of nitrogens with zero attached hydrogens (tertiary/aromatic N) is 1. The van der Waals surface area contributed by atoms with Crippen LogP contribution in [0.3, 0.4) is 0 Å². The number of hydrogen-bond donors (Lipinski definition) is 1. The summed E-state index contributed by atoms with van der Waals surface area (Å²) in [7, 11) is 1.96. The summed E-state index contributed by atoms with van der Waals surface area (Å²) in [6.45, 7) is 4.93. The van der Waals surface area contributed by atoms with Crippen molar-refractivity contribution in [1.29, 1.82) is 5.26 Å². The van der Waals surface area contributed by atoms with E-state index in [-0.39, 0.29) is 11.9 Å². The molecule has 1 aromatic rings. The Balaban J connectivity index is 0.000000322. The Morgan fingerprint density at radius 1 is 1.52 bits per heavy atom. The average Bonchev–Trinajstić information content (AvgIpc) is 2.96. The summed E-state index contributed by atoms with van der Waals surface area (Å²) in [5.74, 6) is -0.155. The molecule has 1 N–H and O–H groups in total. The van der Waals surface area contributed by atoms with Crippen LogP contribution < -0.4 is 5.32 Å². The van der Waals surface area contributed by atoms with E-state index in [1.54, 1.807) is 12.2 Å². The summed E-state index contributed by atoms with van der Waals surface area (Å²) in [6.07, 6.45) is 7.23. The molecule has 1 aromatic carbocycles. The van der Waals surface area contributed by atoms with Crippen LogP contribution in [0.2, 0.25) is 0 Å². The minimum absolute atomic E-state index is 0.155. The molecule has 0 bridgehead atoms. The zero-order valence-corrected chi connectivity index (χ0v) is 14.1. The molecule has 1 aliphatic heterocycles. The third kappa shape index (κ3) is 6.77. The van der Waals surface area contributed by atoms with E-state index in [0.717, 1.165) is 24.9 Å². The number of hydrogen-bond acceptors (Lipinski definition) is 3. The lowest BCUT2D eigenvalue weighted by molar-refractivity contribution is 0.0588. The largest absolute Gasteiger partial charge is 0.369 e. The van der Waals surface area contributed by atoms with Crippen LogP contribution >= 0.6 is 0 Å². The smallest absolute Gasteiger partial charge is 0.0991 e. The molecule has 0 spiro atoms. The highest BCUT2D eigenvalue weighted by atomic mass is 19.1. The second kappa shape index (κ2) is 10.7. The predicted octanol–water partition coefficient (Wildman–Crippen LogP) is 4.56. The van der Waals surface area contributed by atoms with Crippen molar-refractivity contribution < 1.29 is 9.13 Å². The zero-order valence-electron chi connectivity index (χ0n) is 14.1. The first-order valence-corrected chi connectivity index (χ1v) is 7.86. The van der Waals surface area contributed by atoms with Crippen LogP contribution in [0.25, 0.3) is 0 Å². The third-order valence-electron chi connectivity index (χ3n) is 3.47. The predicted molar refractivity (Wildman–Crippen MR) is 91.5 cm³/mol. The fourth-order valence-electron chi connectivity index (χ4n) is 2.33. The maximum absolute atomic E-state index is 11.7. The van der Waals surface area contributed by atoms with Crippen molar-refractivity contribution in [2.24, 2.45) is 0 Å². The lowest BCUT2D eigenvalue weighted by Gasteiger charge is -2.10. The van der Waals surface area contributed by atoms with Gasteiger partial charge in [-0.2, -0.15) is 5.26 Å². The van der Waals surface area contributed by atoms with Gasteiger partial charge in [0, 0.05) is 0 Å². The van der Waals surface area contributed by atoms with Crippen LogP contribution in [-0.4, -0.2) is 13.6 Å². The molecule has 1 unspecified atom stereocenters. The molecule has 0 saturated carbocycles. The standard InChI is InChI=1S/C13H16N2O.C6H9F/c1-15-6-2-3-13-12-5-4-10(8-14)7-11(12)9-16-13;1-3-4-5-6(2)7/h4-5,7,13,15H,2-3,6,9H2,1H3;3-5H,1-2H3/b;4-3-,6-5+. The number of nitriles is 1. The first kappa shape index (κ1) is 19.1. The van der Waals surface area contributed by atoms with Crippen LogP contribution in [-0.2, 0) is 11.3 Å². The SMILES string of the molecule is C/C=C\C=C(/C)F.CNCCCC1OCc2cc(C#N)ccc21. The fourth-order valence-corrected chi connectivity index (χ4v) is 2.33.